The summed E-state index contributed by atoms with van der Waals surface area (Å²) in [7, 11) is 0. The second kappa shape index (κ2) is 5.37. The van der Waals surface area contributed by atoms with E-state index < -0.39 is 0 Å². The molecule has 4 aliphatic rings. The maximum atomic E-state index is 2.88. The first kappa shape index (κ1) is 12.6. The van der Waals surface area contributed by atoms with Crippen molar-refractivity contribution in [3.63, 3.8) is 0 Å². The highest BCUT2D eigenvalue weighted by atomic mass is 15.2. The third-order valence-corrected chi connectivity index (χ3v) is 6.58. The molecule has 0 unspecified atom stereocenters. The van der Waals surface area contributed by atoms with E-state index in [0.29, 0.717) is 0 Å². The lowest BCUT2D eigenvalue weighted by molar-refractivity contribution is 0.0562. The summed E-state index contributed by atoms with van der Waals surface area (Å²) in [6, 6.07) is 1.91. The average Bonchev–Trinajstić information content (AvgIpc) is 3.11. The molecule has 0 N–H and O–H groups in total. The Hall–Kier alpha value is -0.0800. The second-order valence-electron chi connectivity index (χ2n) is 7.61. The van der Waals surface area contributed by atoms with E-state index in [-0.39, 0.29) is 0 Å². The monoisotopic (exact) mass is 262 g/mol. The molecule has 0 aromatic heterocycles. The summed E-state index contributed by atoms with van der Waals surface area (Å²) < 4.78 is 0. The molecule has 2 nitrogen and oxygen atoms in total. The fourth-order valence-corrected chi connectivity index (χ4v) is 5.52. The topological polar surface area (TPSA) is 6.48 Å². The standard InChI is InChI=1S/C17H30N2/c1-2-8-18(9-3-1)16-6-10-19(11-7-16)17-13-14-4-5-15(17)12-14/h14-17H,1-13H2/t14-,15+,17+/m0/s1. The number of piperidine rings is 2. The number of hydrogen-bond donors (Lipinski definition) is 0. The number of fused-ring (bicyclic) bond motifs is 2. The Morgan fingerprint density at radius 3 is 2.05 bits per heavy atom. The van der Waals surface area contributed by atoms with Crippen molar-refractivity contribution in [2.75, 3.05) is 26.2 Å². The molecule has 2 aliphatic heterocycles. The molecular weight excluding hydrogens is 232 g/mol. The smallest absolute Gasteiger partial charge is 0.0126 e. The minimum Gasteiger partial charge on any atom is -0.300 e. The van der Waals surface area contributed by atoms with Crippen molar-refractivity contribution in [2.24, 2.45) is 11.8 Å². The van der Waals surface area contributed by atoms with Gasteiger partial charge in [-0.25, -0.2) is 0 Å². The Bertz CT molecular complexity index is 302. The van der Waals surface area contributed by atoms with E-state index in [4.69, 9.17) is 0 Å². The molecule has 4 fully saturated rings. The summed E-state index contributed by atoms with van der Waals surface area (Å²) in [5.41, 5.74) is 0. The van der Waals surface area contributed by atoms with Gasteiger partial charge in [0.05, 0.1) is 0 Å². The van der Waals surface area contributed by atoms with Crippen LogP contribution in [0.15, 0.2) is 0 Å². The van der Waals surface area contributed by atoms with Gasteiger partial charge in [0.2, 0.25) is 0 Å². The third-order valence-electron chi connectivity index (χ3n) is 6.58. The lowest BCUT2D eigenvalue weighted by Gasteiger charge is -2.43. The van der Waals surface area contributed by atoms with Crippen LogP contribution < -0.4 is 0 Å². The van der Waals surface area contributed by atoms with Crippen molar-refractivity contribution in [2.45, 2.75) is 69.9 Å². The molecule has 19 heavy (non-hydrogen) atoms. The number of nitrogens with zero attached hydrogens (tertiary/aromatic N) is 2. The molecule has 0 spiro atoms. The maximum absolute atomic E-state index is 2.88. The van der Waals surface area contributed by atoms with Gasteiger partial charge in [0, 0.05) is 12.1 Å². The van der Waals surface area contributed by atoms with Crippen molar-refractivity contribution in [3.05, 3.63) is 0 Å². The van der Waals surface area contributed by atoms with Crippen LogP contribution in [-0.2, 0) is 0 Å². The molecule has 3 atom stereocenters. The quantitative estimate of drug-likeness (QED) is 0.754. The van der Waals surface area contributed by atoms with Crippen LogP contribution in [0.3, 0.4) is 0 Å². The van der Waals surface area contributed by atoms with Crippen molar-refractivity contribution in [1.29, 1.82) is 0 Å². The van der Waals surface area contributed by atoms with Crippen LogP contribution in [0.4, 0.5) is 0 Å². The van der Waals surface area contributed by atoms with Gasteiger partial charge in [-0.05, 0) is 83.0 Å². The first-order chi connectivity index (χ1) is 9.40. The zero-order valence-electron chi connectivity index (χ0n) is 12.4. The number of rotatable bonds is 2. The van der Waals surface area contributed by atoms with E-state index in [1.54, 1.807) is 25.7 Å². The van der Waals surface area contributed by atoms with Gasteiger partial charge in [0.25, 0.3) is 0 Å². The molecule has 0 aromatic rings. The van der Waals surface area contributed by atoms with Gasteiger partial charge in [-0.15, -0.1) is 0 Å². The summed E-state index contributed by atoms with van der Waals surface area (Å²) >= 11 is 0. The Morgan fingerprint density at radius 2 is 1.42 bits per heavy atom. The van der Waals surface area contributed by atoms with Gasteiger partial charge in [-0.2, -0.15) is 0 Å². The Morgan fingerprint density at radius 1 is 0.632 bits per heavy atom. The molecule has 108 valence electrons. The fraction of sp³-hybridized carbons (Fsp3) is 1.00. The number of hydrogen-bond acceptors (Lipinski definition) is 2. The summed E-state index contributed by atoms with van der Waals surface area (Å²) in [6.45, 7) is 5.57. The van der Waals surface area contributed by atoms with Crippen molar-refractivity contribution in [1.82, 2.24) is 9.80 Å². The Kier molecular flexibility index (Phi) is 3.57. The fourth-order valence-electron chi connectivity index (χ4n) is 5.52. The summed E-state index contributed by atoms with van der Waals surface area (Å²) in [5, 5.41) is 0. The average molecular weight is 262 g/mol. The Balaban J connectivity index is 1.30. The molecule has 2 heterocycles. The van der Waals surface area contributed by atoms with Gasteiger partial charge in [-0.1, -0.05) is 12.8 Å². The highest BCUT2D eigenvalue weighted by Crippen LogP contribution is 2.47. The van der Waals surface area contributed by atoms with Crippen LogP contribution in [0, 0.1) is 11.8 Å². The molecule has 2 aliphatic carbocycles. The largest absolute Gasteiger partial charge is 0.300 e. The summed E-state index contributed by atoms with van der Waals surface area (Å²) in [6.07, 6.45) is 13.5. The van der Waals surface area contributed by atoms with Gasteiger partial charge in [-0.3, -0.25) is 4.90 Å². The second-order valence-corrected chi connectivity index (χ2v) is 7.61. The van der Waals surface area contributed by atoms with Gasteiger partial charge in [0.15, 0.2) is 0 Å². The third kappa shape index (κ3) is 2.47. The van der Waals surface area contributed by atoms with Crippen LogP contribution >= 0.6 is 0 Å². The lowest BCUT2D eigenvalue weighted by atomic mass is 9.91. The molecular formula is C17H30N2. The van der Waals surface area contributed by atoms with Crippen molar-refractivity contribution < 1.29 is 0 Å². The minimum atomic E-state index is 0.926. The predicted octanol–water partition coefficient (Wildman–Crippen LogP) is 3.13. The normalized spacial score (nSPS) is 42.0. The minimum absolute atomic E-state index is 0.926. The summed E-state index contributed by atoms with van der Waals surface area (Å²) in [5.74, 6) is 2.19. The van der Waals surface area contributed by atoms with Gasteiger partial charge < -0.3 is 4.90 Å². The Labute approximate surface area is 118 Å². The lowest BCUT2D eigenvalue weighted by Crippen LogP contribution is -2.50. The van der Waals surface area contributed by atoms with Crippen molar-refractivity contribution >= 4 is 0 Å². The predicted molar refractivity (Wildman–Crippen MR) is 79.3 cm³/mol. The van der Waals surface area contributed by atoms with E-state index in [1.165, 1.54) is 58.3 Å². The van der Waals surface area contributed by atoms with Crippen LogP contribution in [0.25, 0.3) is 0 Å². The molecule has 2 saturated carbocycles. The van der Waals surface area contributed by atoms with Crippen LogP contribution in [0.5, 0.6) is 0 Å². The molecule has 0 aromatic carbocycles. The van der Waals surface area contributed by atoms with E-state index >= 15 is 0 Å². The van der Waals surface area contributed by atoms with Gasteiger partial charge >= 0.3 is 0 Å². The number of likely N-dealkylation sites (tertiary alicyclic amines) is 2. The molecule has 2 bridgehead atoms. The SMILES string of the molecule is C1CCN(C2CCN([C@@H]3C[C@H]4CC[C@@H]3C4)CC2)CC1. The van der Waals surface area contributed by atoms with Gasteiger partial charge in [0.1, 0.15) is 0 Å². The highest BCUT2D eigenvalue weighted by Gasteiger charge is 2.43. The molecule has 2 heteroatoms. The van der Waals surface area contributed by atoms with Crippen LogP contribution in [-0.4, -0.2) is 48.1 Å². The maximum Gasteiger partial charge on any atom is 0.0126 e. The van der Waals surface area contributed by atoms with E-state index in [1.807, 2.05) is 0 Å². The van der Waals surface area contributed by atoms with E-state index in [9.17, 15) is 0 Å². The first-order valence-corrected chi connectivity index (χ1v) is 8.88. The molecule has 2 saturated heterocycles. The van der Waals surface area contributed by atoms with Crippen LogP contribution in [0.2, 0.25) is 0 Å². The first-order valence-electron chi connectivity index (χ1n) is 8.88. The molecule has 4 rings (SSSR count). The molecule has 0 amide bonds. The zero-order valence-corrected chi connectivity index (χ0v) is 12.4. The molecule has 0 radical (unpaired) electrons. The van der Waals surface area contributed by atoms with Crippen LogP contribution in [0.1, 0.15) is 57.8 Å². The summed E-state index contributed by atoms with van der Waals surface area (Å²) in [4.78, 5) is 5.69. The van der Waals surface area contributed by atoms with Crippen molar-refractivity contribution in [3.8, 4) is 0 Å². The van der Waals surface area contributed by atoms with E-state index in [0.717, 1.165) is 23.9 Å². The van der Waals surface area contributed by atoms with E-state index in [2.05, 4.69) is 9.80 Å². The zero-order chi connectivity index (χ0) is 12.7. The highest BCUT2D eigenvalue weighted by molar-refractivity contribution is 4.97.